The van der Waals surface area contributed by atoms with Gasteiger partial charge in [0.25, 0.3) is 5.91 Å². The van der Waals surface area contributed by atoms with E-state index in [9.17, 15) is 4.79 Å². The maximum Gasteiger partial charge on any atom is 0.273 e. The van der Waals surface area contributed by atoms with Gasteiger partial charge in [-0.25, -0.2) is 0 Å². The van der Waals surface area contributed by atoms with Gasteiger partial charge < -0.3 is 19.3 Å². The summed E-state index contributed by atoms with van der Waals surface area (Å²) in [4.78, 5) is 12.6. The number of carbonyl (C=O) groups excluding carboxylic acids is 1. The third-order valence-corrected chi connectivity index (χ3v) is 5.98. The molecule has 1 aliphatic heterocycles. The van der Waals surface area contributed by atoms with E-state index in [-0.39, 0.29) is 30.0 Å². The third-order valence-electron chi connectivity index (χ3n) is 5.67. The summed E-state index contributed by atoms with van der Waals surface area (Å²) in [5, 5.41) is 20.8. The number of ether oxygens (including phenoxy) is 2. The molecule has 4 rings (SSSR count). The molecule has 0 spiro atoms. The molecule has 0 aliphatic carbocycles. The van der Waals surface area contributed by atoms with E-state index in [1.165, 1.54) is 0 Å². The molecule has 1 fully saturated rings. The smallest absolute Gasteiger partial charge is 0.273 e. The van der Waals surface area contributed by atoms with Gasteiger partial charge in [-0.3, -0.25) is 9.48 Å². The molecule has 10 heteroatoms. The van der Waals surface area contributed by atoms with Crippen LogP contribution in [-0.2, 0) is 22.4 Å². The van der Waals surface area contributed by atoms with Crippen LogP contribution in [0, 0.1) is 11.3 Å². The zero-order valence-electron chi connectivity index (χ0n) is 19.7. The SMILES string of the molecule is CC(Cc1cc(C(=O)N[C@@H](C)Cn2ccc(-c3ccc(C#N)c(Cl)c3)n2)no1)OC1CCCCO1. The summed E-state index contributed by atoms with van der Waals surface area (Å²) in [6, 6.07) is 10.5. The molecule has 2 unspecified atom stereocenters. The van der Waals surface area contributed by atoms with Crippen LogP contribution in [0.3, 0.4) is 0 Å². The summed E-state index contributed by atoms with van der Waals surface area (Å²) in [6.45, 7) is 5.03. The Bertz CT molecular complexity index is 1190. The molecule has 2 aromatic heterocycles. The van der Waals surface area contributed by atoms with E-state index in [1.54, 1.807) is 28.9 Å². The number of amides is 1. The summed E-state index contributed by atoms with van der Waals surface area (Å²) >= 11 is 6.13. The minimum Gasteiger partial charge on any atom is -0.361 e. The van der Waals surface area contributed by atoms with Crippen molar-refractivity contribution in [2.45, 2.75) is 64.5 Å². The first-order valence-electron chi connectivity index (χ1n) is 11.7. The Balaban J connectivity index is 1.28. The first kappa shape index (κ1) is 24.9. The maximum atomic E-state index is 12.6. The molecule has 184 valence electrons. The second-order valence-electron chi connectivity index (χ2n) is 8.73. The Labute approximate surface area is 208 Å². The highest BCUT2D eigenvalue weighted by Gasteiger charge is 2.20. The molecule has 0 saturated carbocycles. The maximum absolute atomic E-state index is 12.6. The molecule has 3 aromatic rings. The molecule has 1 N–H and O–H groups in total. The Hall–Kier alpha value is -3.19. The highest BCUT2D eigenvalue weighted by molar-refractivity contribution is 6.32. The first-order valence-corrected chi connectivity index (χ1v) is 12.1. The van der Waals surface area contributed by atoms with Crippen molar-refractivity contribution in [2.75, 3.05) is 6.61 Å². The lowest BCUT2D eigenvalue weighted by atomic mass is 10.1. The van der Waals surface area contributed by atoms with Crippen molar-refractivity contribution in [3.8, 4) is 17.3 Å². The van der Waals surface area contributed by atoms with Gasteiger partial charge in [0.15, 0.2) is 12.0 Å². The second kappa shape index (κ2) is 11.5. The quantitative estimate of drug-likeness (QED) is 0.467. The van der Waals surface area contributed by atoms with Crippen LogP contribution in [-0.4, -0.2) is 45.9 Å². The van der Waals surface area contributed by atoms with Gasteiger partial charge in [-0.15, -0.1) is 0 Å². The number of nitrogens with one attached hydrogen (secondary N) is 1. The van der Waals surface area contributed by atoms with Gasteiger partial charge in [-0.2, -0.15) is 10.4 Å². The van der Waals surface area contributed by atoms with E-state index in [1.807, 2.05) is 32.2 Å². The lowest BCUT2D eigenvalue weighted by Crippen LogP contribution is -2.36. The van der Waals surface area contributed by atoms with Gasteiger partial charge in [-0.1, -0.05) is 22.8 Å². The van der Waals surface area contributed by atoms with Crippen LogP contribution in [0.25, 0.3) is 11.3 Å². The van der Waals surface area contributed by atoms with E-state index in [0.29, 0.717) is 29.3 Å². The number of aromatic nitrogens is 3. The van der Waals surface area contributed by atoms with Crippen molar-refractivity contribution in [2.24, 2.45) is 0 Å². The highest BCUT2D eigenvalue weighted by Crippen LogP contribution is 2.24. The van der Waals surface area contributed by atoms with Crippen molar-refractivity contribution in [1.29, 1.82) is 5.26 Å². The fourth-order valence-electron chi connectivity index (χ4n) is 3.93. The predicted molar refractivity (Wildman–Crippen MR) is 129 cm³/mol. The molecule has 1 saturated heterocycles. The van der Waals surface area contributed by atoms with E-state index in [2.05, 4.69) is 15.6 Å². The Kier molecular flexibility index (Phi) is 8.18. The fourth-order valence-corrected chi connectivity index (χ4v) is 4.15. The van der Waals surface area contributed by atoms with Crippen molar-refractivity contribution >= 4 is 17.5 Å². The standard InChI is InChI=1S/C25H28ClN5O4/c1-16(15-31-9-8-22(29-31)18-6-7-19(14-27)21(26)12-18)28-25(32)23-13-20(35-30-23)11-17(2)34-24-5-3-4-10-33-24/h6-9,12-13,16-17,24H,3-5,10-11,15H2,1-2H3,(H,28,32)/t16-,17?,24?/m0/s1. The molecule has 1 aromatic carbocycles. The van der Waals surface area contributed by atoms with Gasteiger partial charge in [0.1, 0.15) is 11.8 Å². The molecule has 1 amide bonds. The minimum absolute atomic E-state index is 0.110. The topological polar surface area (TPSA) is 115 Å². The zero-order valence-corrected chi connectivity index (χ0v) is 20.5. The Morgan fingerprint density at radius 3 is 2.94 bits per heavy atom. The van der Waals surface area contributed by atoms with Gasteiger partial charge in [0.05, 0.1) is 28.9 Å². The van der Waals surface area contributed by atoms with E-state index < -0.39 is 0 Å². The van der Waals surface area contributed by atoms with Crippen LogP contribution in [0.5, 0.6) is 0 Å². The molecule has 35 heavy (non-hydrogen) atoms. The number of benzene rings is 1. The van der Waals surface area contributed by atoms with Crippen LogP contribution in [0.4, 0.5) is 0 Å². The molecular formula is C25H28ClN5O4. The molecule has 3 heterocycles. The predicted octanol–water partition coefficient (Wildman–Crippen LogP) is 4.36. The van der Waals surface area contributed by atoms with Crippen LogP contribution in [0.2, 0.25) is 5.02 Å². The van der Waals surface area contributed by atoms with Crippen molar-refractivity contribution in [3.05, 3.63) is 58.6 Å². The number of nitrogens with zero attached hydrogens (tertiary/aromatic N) is 4. The zero-order chi connectivity index (χ0) is 24.8. The average molecular weight is 498 g/mol. The minimum atomic E-state index is -0.317. The lowest BCUT2D eigenvalue weighted by molar-refractivity contribution is -0.184. The van der Waals surface area contributed by atoms with Crippen molar-refractivity contribution in [1.82, 2.24) is 20.3 Å². The van der Waals surface area contributed by atoms with Gasteiger partial charge >= 0.3 is 0 Å². The van der Waals surface area contributed by atoms with Gasteiger partial charge in [0, 0.05) is 36.9 Å². The Morgan fingerprint density at radius 1 is 1.34 bits per heavy atom. The third kappa shape index (κ3) is 6.69. The average Bonchev–Trinajstić information content (AvgIpc) is 3.49. The second-order valence-corrected chi connectivity index (χ2v) is 9.14. The van der Waals surface area contributed by atoms with Crippen LogP contribution in [0.1, 0.15) is 54.9 Å². The fraction of sp³-hybridized carbons (Fsp3) is 0.440. The number of hydrogen-bond donors (Lipinski definition) is 1. The van der Waals surface area contributed by atoms with Crippen molar-refractivity contribution < 1.29 is 18.8 Å². The van der Waals surface area contributed by atoms with Gasteiger partial charge in [-0.05, 0) is 51.3 Å². The molecule has 3 atom stereocenters. The normalized spacial score (nSPS) is 17.5. The van der Waals surface area contributed by atoms with E-state index in [4.69, 9.17) is 30.9 Å². The first-order chi connectivity index (χ1) is 16.9. The van der Waals surface area contributed by atoms with E-state index >= 15 is 0 Å². The number of halogens is 1. The summed E-state index contributed by atoms with van der Waals surface area (Å²) in [7, 11) is 0. The van der Waals surface area contributed by atoms with Crippen LogP contribution >= 0.6 is 11.6 Å². The van der Waals surface area contributed by atoms with Crippen molar-refractivity contribution in [3.63, 3.8) is 0 Å². The Morgan fingerprint density at radius 2 is 2.20 bits per heavy atom. The summed E-state index contributed by atoms with van der Waals surface area (Å²) in [6.07, 6.45) is 5.11. The highest BCUT2D eigenvalue weighted by atomic mass is 35.5. The van der Waals surface area contributed by atoms with E-state index in [0.717, 1.165) is 37.1 Å². The molecular weight excluding hydrogens is 470 g/mol. The number of carbonyl (C=O) groups is 1. The molecule has 1 aliphatic rings. The van der Waals surface area contributed by atoms with Crippen LogP contribution < -0.4 is 5.32 Å². The number of nitriles is 1. The van der Waals surface area contributed by atoms with Gasteiger partial charge in [0.2, 0.25) is 0 Å². The molecule has 0 bridgehead atoms. The summed E-state index contributed by atoms with van der Waals surface area (Å²) in [5.41, 5.74) is 2.18. The lowest BCUT2D eigenvalue weighted by Gasteiger charge is -2.25. The molecule has 0 radical (unpaired) electrons. The monoisotopic (exact) mass is 497 g/mol. The number of rotatable bonds is 9. The van der Waals surface area contributed by atoms with Crippen LogP contribution in [0.15, 0.2) is 41.1 Å². The number of hydrogen-bond acceptors (Lipinski definition) is 7. The summed E-state index contributed by atoms with van der Waals surface area (Å²) < 4.78 is 18.6. The summed E-state index contributed by atoms with van der Waals surface area (Å²) in [5.74, 6) is 0.270. The molecule has 9 nitrogen and oxygen atoms in total. The largest absolute Gasteiger partial charge is 0.361 e.